The highest BCUT2D eigenvalue weighted by Crippen LogP contribution is 2.13. The van der Waals surface area contributed by atoms with Gasteiger partial charge in [0, 0.05) is 20.8 Å². The molecule has 0 rings (SSSR count). The largest absolute Gasteiger partial charge is 0.460 e. The Labute approximate surface area is 179 Å². The Morgan fingerprint density at radius 2 is 0.833 bits per heavy atom. The molecule has 0 amide bonds. The molecule has 30 heavy (non-hydrogen) atoms. The lowest BCUT2D eigenvalue weighted by molar-refractivity contribution is -0.174. The zero-order chi connectivity index (χ0) is 23.4. The smallest absolute Gasteiger partial charge is 0.302 e. The Morgan fingerprint density at radius 3 is 1.13 bits per heavy atom. The standard InChI is InChI=1S/C21H38O9/c1-12(14(3)27-18(7)22)25-10-21(30-17(6)16(5)29-20(9)24)11-26-13(2)15(4)28-19(8)23/h12-17,21H,10-11H2,1-9H3. The van der Waals surface area contributed by atoms with Crippen LogP contribution in [-0.2, 0) is 42.8 Å². The quantitative estimate of drug-likeness (QED) is 0.301. The third-order valence-corrected chi connectivity index (χ3v) is 4.54. The molecule has 6 unspecified atom stereocenters. The molecule has 9 heteroatoms. The van der Waals surface area contributed by atoms with Crippen LogP contribution in [0.25, 0.3) is 0 Å². The molecule has 0 spiro atoms. The fourth-order valence-electron chi connectivity index (χ4n) is 2.40. The zero-order valence-electron chi connectivity index (χ0n) is 19.6. The molecule has 0 aliphatic rings. The van der Waals surface area contributed by atoms with Crippen molar-refractivity contribution in [2.24, 2.45) is 0 Å². The highest BCUT2D eigenvalue weighted by Gasteiger charge is 2.25. The molecular formula is C21H38O9. The van der Waals surface area contributed by atoms with E-state index in [1.54, 1.807) is 41.5 Å². The number of ether oxygens (including phenoxy) is 6. The van der Waals surface area contributed by atoms with Crippen molar-refractivity contribution in [3.63, 3.8) is 0 Å². The molecule has 176 valence electrons. The van der Waals surface area contributed by atoms with Gasteiger partial charge in [0.05, 0.1) is 31.5 Å². The van der Waals surface area contributed by atoms with E-state index >= 15 is 0 Å². The highest BCUT2D eigenvalue weighted by atomic mass is 16.6. The number of carbonyl (C=O) groups is 3. The minimum Gasteiger partial charge on any atom is -0.460 e. The van der Waals surface area contributed by atoms with Crippen molar-refractivity contribution in [2.75, 3.05) is 13.2 Å². The maximum absolute atomic E-state index is 11.2. The fourth-order valence-corrected chi connectivity index (χ4v) is 2.40. The van der Waals surface area contributed by atoms with Gasteiger partial charge in [0.25, 0.3) is 0 Å². The van der Waals surface area contributed by atoms with Crippen LogP contribution < -0.4 is 0 Å². The van der Waals surface area contributed by atoms with E-state index in [0.717, 1.165) is 0 Å². The molecule has 0 fully saturated rings. The lowest BCUT2D eigenvalue weighted by Crippen LogP contribution is -2.39. The Hall–Kier alpha value is -1.71. The highest BCUT2D eigenvalue weighted by molar-refractivity contribution is 5.66. The maximum Gasteiger partial charge on any atom is 0.302 e. The molecule has 0 N–H and O–H groups in total. The van der Waals surface area contributed by atoms with E-state index in [9.17, 15) is 14.4 Å². The van der Waals surface area contributed by atoms with Crippen molar-refractivity contribution in [1.82, 2.24) is 0 Å². The van der Waals surface area contributed by atoms with Crippen molar-refractivity contribution in [3.8, 4) is 0 Å². The van der Waals surface area contributed by atoms with Crippen molar-refractivity contribution in [3.05, 3.63) is 0 Å². The molecule has 9 nitrogen and oxygen atoms in total. The van der Waals surface area contributed by atoms with Crippen LogP contribution in [0.3, 0.4) is 0 Å². The summed E-state index contributed by atoms with van der Waals surface area (Å²) in [6.07, 6.45) is -2.93. The van der Waals surface area contributed by atoms with Crippen LogP contribution in [0.2, 0.25) is 0 Å². The summed E-state index contributed by atoms with van der Waals surface area (Å²) in [5.74, 6) is -1.16. The Kier molecular flexibility index (Phi) is 13.5. The van der Waals surface area contributed by atoms with Gasteiger partial charge in [0.1, 0.15) is 24.4 Å². The van der Waals surface area contributed by atoms with Gasteiger partial charge in [-0.1, -0.05) is 0 Å². The Morgan fingerprint density at radius 1 is 0.533 bits per heavy atom. The lowest BCUT2D eigenvalue weighted by Gasteiger charge is -2.29. The number of hydrogen-bond donors (Lipinski definition) is 0. The monoisotopic (exact) mass is 434 g/mol. The van der Waals surface area contributed by atoms with Crippen molar-refractivity contribution in [2.45, 2.75) is 105 Å². The van der Waals surface area contributed by atoms with Gasteiger partial charge in [0.2, 0.25) is 0 Å². The normalized spacial score (nSPS) is 18.3. The third kappa shape index (κ3) is 12.8. The number of rotatable bonds is 14. The second-order valence-electron chi connectivity index (χ2n) is 7.48. The molecular weight excluding hydrogens is 396 g/mol. The van der Waals surface area contributed by atoms with Gasteiger partial charge in [-0.15, -0.1) is 0 Å². The average molecular weight is 435 g/mol. The van der Waals surface area contributed by atoms with Crippen LogP contribution in [-0.4, -0.2) is 73.8 Å². The summed E-state index contributed by atoms with van der Waals surface area (Å²) in [5.41, 5.74) is 0. The summed E-state index contributed by atoms with van der Waals surface area (Å²) in [6, 6.07) is 0. The first kappa shape index (κ1) is 28.3. The minimum atomic E-state index is -0.489. The average Bonchev–Trinajstić information content (AvgIpc) is 2.61. The van der Waals surface area contributed by atoms with Crippen LogP contribution in [0, 0.1) is 0 Å². The van der Waals surface area contributed by atoms with E-state index in [1.807, 2.05) is 0 Å². The van der Waals surface area contributed by atoms with E-state index in [1.165, 1.54) is 20.8 Å². The van der Waals surface area contributed by atoms with E-state index in [4.69, 9.17) is 28.4 Å². The van der Waals surface area contributed by atoms with Crippen molar-refractivity contribution >= 4 is 17.9 Å². The molecule has 0 aromatic rings. The van der Waals surface area contributed by atoms with E-state index in [0.29, 0.717) is 0 Å². The molecule has 0 saturated heterocycles. The van der Waals surface area contributed by atoms with Gasteiger partial charge >= 0.3 is 17.9 Å². The van der Waals surface area contributed by atoms with Gasteiger partial charge in [-0.25, -0.2) is 0 Å². The van der Waals surface area contributed by atoms with E-state index < -0.39 is 36.5 Å². The summed E-state index contributed by atoms with van der Waals surface area (Å²) in [5, 5.41) is 0. The first-order valence-corrected chi connectivity index (χ1v) is 10.2. The van der Waals surface area contributed by atoms with Crippen LogP contribution in [0.1, 0.15) is 62.3 Å². The fraction of sp³-hybridized carbons (Fsp3) is 0.857. The molecule has 0 aliphatic carbocycles. The summed E-state index contributed by atoms with van der Waals surface area (Å²) < 4.78 is 33.0. The lowest BCUT2D eigenvalue weighted by atomic mass is 10.2. The summed E-state index contributed by atoms with van der Waals surface area (Å²) in [7, 11) is 0. The van der Waals surface area contributed by atoms with Crippen LogP contribution in [0.15, 0.2) is 0 Å². The van der Waals surface area contributed by atoms with Crippen LogP contribution >= 0.6 is 0 Å². The van der Waals surface area contributed by atoms with Gasteiger partial charge < -0.3 is 28.4 Å². The van der Waals surface area contributed by atoms with E-state index in [-0.39, 0.29) is 37.4 Å². The molecule has 0 aromatic heterocycles. The number of carbonyl (C=O) groups excluding carboxylic acids is 3. The van der Waals surface area contributed by atoms with Crippen molar-refractivity contribution in [1.29, 1.82) is 0 Å². The second kappa shape index (κ2) is 14.3. The molecule has 6 atom stereocenters. The first-order chi connectivity index (χ1) is 13.8. The molecule has 0 bridgehead atoms. The predicted molar refractivity (Wildman–Crippen MR) is 109 cm³/mol. The van der Waals surface area contributed by atoms with Gasteiger partial charge in [-0.05, 0) is 41.5 Å². The molecule has 0 aromatic carbocycles. The number of hydrogen-bond acceptors (Lipinski definition) is 9. The summed E-state index contributed by atoms with van der Waals surface area (Å²) in [4.78, 5) is 33.4. The van der Waals surface area contributed by atoms with Gasteiger partial charge in [-0.3, -0.25) is 14.4 Å². The van der Waals surface area contributed by atoms with Crippen molar-refractivity contribution < 1.29 is 42.8 Å². The first-order valence-electron chi connectivity index (χ1n) is 10.2. The molecule has 0 saturated carbocycles. The Bertz CT molecular complexity index is 505. The summed E-state index contributed by atoms with van der Waals surface area (Å²) >= 11 is 0. The van der Waals surface area contributed by atoms with Gasteiger partial charge in [0.15, 0.2) is 0 Å². The Balaban J connectivity index is 4.92. The molecule has 0 radical (unpaired) electrons. The van der Waals surface area contributed by atoms with Crippen LogP contribution in [0.5, 0.6) is 0 Å². The molecule has 0 heterocycles. The summed E-state index contributed by atoms with van der Waals surface area (Å²) in [6.45, 7) is 14.9. The SMILES string of the molecule is CC(=O)OC(C)C(C)OCC(COC(C)C(C)OC(C)=O)OC(C)C(C)OC(C)=O. The third-order valence-electron chi connectivity index (χ3n) is 4.54. The second-order valence-corrected chi connectivity index (χ2v) is 7.48. The molecule has 0 aliphatic heterocycles. The number of esters is 3. The topological polar surface area (TPSA) is 107 Å². The van der Waals surface area contributed by atoms with Crippen LogP contribution in [0.4, 0.5) is 0 Å². The van der Waals surface area contributed by atoms with Gasteiger partial charge in [-0.2, -0.15) is 0 Å². The van der Waals surface area contributed by atoms with E-state index in [2.05, 4.69) is 0 Å². The minimum absolute atomic E-state index is 0.165. The zero-order valence-corrected chi connectivity index (χ0v) is 19.6. The maximum atomic E-state index is 11.2. The predicted octanol–water partition coefficient (Wildman–Crippen LogP) is 2.43.